The van der Waals surface area contributed by atoms with Crippen LogP contribution in [0.4, 0.5) is 0 Å². The van der Waals surface area contributed by atoms with Crippen LogP contribution >= 0.6 is 0 Å². The van der Waals surface area contributed by atoms with Gasteiger partial charge >= 0.3 is 0 Å². The molecule has 0 radical (unpaired) electrons. The Bertz CT molecular complexity index is 1490. The van der Waals surface area contributed by atoms with Crippen molar-refractivity contribution in [2.24, 2.45) is 5.14 Å². The second kappa shape index (κ2) is 7.05. The van der Waals surface area contributed by atoms with Crippen molar-refractivity contribution in [1.29, 1.82) is 0 Å². The number of nitrogens with two attached hydrogens (primary N) is 1. The van der Waals surface area contributed by atoms with E-state index < -0.39 is 10.0 Å². The van der Waals surface area contributed by atoms with Crippen molar-refractivity contribution in [2.45, 2.75) is 11.3 Å². The van der Waals surface area contributed by atoms with E-state index in [1.165, 1.54) is 0 Å². The van der Waals surface area contributed by atoms with E-state index in [-0.39, 0.29) is 4.90 Å². The Morgan fingerprint density at radius 3 is 2.47 bits per heavy atom. The molecule has 0 aliphatic heterocycles. The number of rotatable bonds is 4. The molecule has 0 unspecified atom stereocenters. The fourth-order valence-corrected chi connectivity index (χ4v) is 4.86. The van der Waals surface area contributed by atoms with Gasteiger partial charge in [-0.05, 0) is 41.1 Å². The average molecular weight is 414 g/mol. The Balaban J connectivity index is 1.91. The van der Waals surface area contributed by atoms with Crippen LogP contribution in [-0.4, -0.2) is 23.0 Å². The predicted molar refractivity (Wildman–Crippen MR) is 117 cm³/mol. The van der Waals surface area contributed by atoms with Gasteiger partial charge in [0.2, 0.25) is 10.0 Å². The zero-order valence-electron chi connectivity index (χ0n) is 15.9. The van der Waals surface area contributed by atoms with Gasteiger partial charge in [0.25, 0.3) is 0 Å². The van der Waals surface area contributed by atoms with Crippen LogP contribution in [0.5, 0.6) is 0 Å². The summed E-state index contributed by atoms with van der Waals surface area (Å²) in [5.41, 5.74) is 3.36. The SMILES string of the molecule is NS(=O)(=O)c1c(Cc2ccccc2)cc2ccccc2c1-n1cnc2cccnc21. The zero-order valence-corrected chi connectivity index (χ0v) is 16.8. The Morgan fingerprint density at radius 2 is 1.67 bits per heavy atom. The Kier molecular flexibility index (Phi) is 4.34. The van der Waals surface area contributed by atoms with Crippen molar-refractivity contribution >= 4 is 32.0 Å². The molecule has 0 amide bonds. The number of aromatic nitrogens is 3. The largest absolute Gasteiger partial charge is 0.281 e. The van der Waals surface area contributed by atoms with Crippen LogP contribution < -0.4 is 5.14 Å². The first-order chi connectivity index (χ1) is 14.5. The van der Waals surface area contributed by atoms with Gasteiger partial charge in [-0.3, -0.25) is 4.57 Å². The van der Waals surface area contributed by atoms with Crippen molar-refractivity contribution in [1.82, 2.24) is 14.5 Å². The first-order valence-corrected chi connectivity index (χ1v) is 11.0. The molecule has 0 saturated heterocycles. The highest BCUT2D eigenvalue weighted by atomic mass is 32.2. The third kappa shape index (κ3) is 3.14. The van der Waals surface area contributed by atoms with Gasteiger partial charge in [0.05, 0.1) is 5.69 Å². The topological polar surface area (TPSA) is 90.9 Å². The fourth-order valence-electron chi connectivity index (χ4n) is 3.88. The first-order valence-electron chi connectivity index (χ1n) is 9.42. The molecule has 0 aliphatic carbocycles. The lowest BCUT2D eigenvalue weighted by Crippen LogP contribution is -2.18. The molecule has 7 heteroatoms. The van der Waals surface area contributed by atoms with E-state index in [1.54, 1.807) is 23.2 Å². The molecule has 2 N–H and O–H groups in total. The molecule has 2 heterocycles. The molecule has 30 heavy (non-hydrogen) atoms. The van der Waals surface area contributed by atoms with Crippen molar-refractivity contribution in [3.63, 3.8) is 0 Å². The number of imidazole rings is 1. The standard InChI is InChI=1S/C23H18N4O2S/c24-30(28,29)22-18(13-16-7-2-1-3-8-16)14-17-9-4-5-10-19(17)21(22)27-15-26-20-11-6-12-25-23(20)27/h1-12,14-15H,13H2,(H2,24,28,29). The number of hydrogen-bond acceptors (Lipinski definition) is 4. The van der Waals surface area contributed by atoms with Crippen LogP contribution in [0, 0.1) is 0 Å². The van der Waals surface area contributed by atoms with E-state index in [1.807, 2.05) is 66.7 Å². The summed E-state index contributed by atoms with van der Waals surface area (Å²) in [7, 11) is -4.05. The summed E-state index contributed by atoms with van der Waals surface area (Å²) in [6.07, 6.45) is 3.69. The highest BCUT2D eigenvalue weighted by Gasteiger charge is 2.24. The van der Waals surface area contributed by atoms with Gasteiger partial charge in [-0.15, -0.1) is 0 Å². The predicted octanol–water partition coefficient (Wildman–Crippen LogP) is 3.81. The maximum atomic E-state index is 12.9. The monoisotopic (exact) mass is 414 g/mol. The first kappa shape index (κ1) is 18.5. The molecule has 0 aliphatic rings. The summed E-state index contributed by atoms with van der Waals surface area (Å²) in [5.74, 6) is 0. The van der Waals surface area contributed by atoms with E-state index in [2.05, 4.69) is 9.97 Å². The van der Waals surface area contributed by atoms with Gasteiger partial charge < -0.3 is 0 Å². The van der Waals surface area contributed by atoms with Crippen LogP contribution in [0.1, 0.15) is 11.1 Å². The summed E-state index contributed by atoms with van der Waals surface area (Å²) in [6.45, 7) is 0. The maximum Gasteiger partial charge on any atom is 0.240 e. The molecule has 0 atom stereocenters. The molecule has 148 valence electrons. The van der Waals surface area contributed by atoms with E-state index in [4.69, 9.17) is 5.14 Å². The maximum absolute atomic E-state index is 12.9. The zero-order chi connectivity index (χ0) is 20.7. The Hall–Kier alpha value is -3.55. The molecule has 6 nitrogen and oxygen atoms in total. The summed E-state index contributed by atoms with van der Waals surface area (Å²) in [4.78, 5) is 8.92. The van der Waals surface area contributed by atoms with E-state index >= 15 is 0 Å². The number of sulfonamides is 1. The van der Waals surface area contributed by atoms with Crippen molar-refractivity contribution in [3.05, 3.63) is 96.4 Å². The second-order valence-corrected chi connectivity index (χ2v) is 8.60. The van der Waals surface area contributed by atoms with Crippen molar-refractivity contribution in [3.8, 4) is 5.69 Å². The van der Waals surface area contributed by atoms with Gasteiger partial charge in [-0.2, -0.15) is 0 Å². The minimum atomic E-state index is -4.05. The van der Waals surface area contributed by atoms with Crippen molar-refractivity contribution < 1.29 is 8.42 Å². The molecule has 0 bridgehead atoms. The number of primary sulfonamides is 1. The van der Waals surface area contributed by atoms with Crippen LogP contribution in [-0.2, 0) is 16.4 Å². The Morgan fingerprint density at radius 1 is 0.900 bits per heavy atom. The number of nitrogens with zero attached hydrogens (tertiary/aromatic N) is 3. The molecule has 5 aromatic rings. The van der Waals surface area contributed by atoms with Gasteiger partial charge in [0.15, 0.2) is 5.65 Å². The minimum absolute atomic E-state index is 0.0926. The molecule has 0 saturated carbocycles. The average Bonchev–Trinajstić information content (AvgIpc) is 3.16. The highest BCUT2D eigenvalue weighted by molar-refractivity contribution is 7.89. The third-order valence-electron chi connectivity index (χ3n) is 5.12. The van der Waals surface area contributed by atoms with Crippen molar-refractivity contribution in [2.75, 3.05) is 0 Å². The lowest BCUT2D eigenvalue weighted by atomic mass is 9.99. The minimum Gasteiger partial charge on any atom is -0.281 e. The van der Waals surface area contributed by atoms with Crippen LogP contribution in [0.15, 0.2) is 90.2 Å². The molecular formula is C23H18N4O2S. The normalized spacial score (nSPS) is 11.9. The van der Waals surface area contributed by atoms with Crippen LogP contribution in [0.25, 0.3) is 27.6 Å². The van der Waals surface area contributed by atoms with Gasteiger partial charge in [0.1, 0.15) is 16.7 Å². The van der Waals surface area contributed by atoms with E-state index in [0.29, 0.717) is 28.8 Å². The lowest BCUT2D eigenvalue weighted by molar-refractivity contribution is 0.596. The molecule has 3 aromatic carbocycles. The summed E-state index contributed by atoms with van der Waals surface area (Å²) in [6, 6.07) is 22.9. The van der Waals surface area contributed by atoms with Gasteiger partial charge in [0, 0.05) is 11.6 Å². The number of fused-ring (bicyclic) bond motifs is 2. The second-order valence-electron chi connectivity index (χ2n) is 7.10. The number of benzene rings is 3. The van der Waals surface area contributed by atoms with Gasteiger partial charge in [-0.1, -0.05) is 54.6 Å². The summed E-state index contributed by atoms with van der Waals surface area (Å²) >= 11 is 0. The van der Waals surface area contributed by atoms with Gasteiger partial charge in [-0.25, -0.2) is 23.5 Å². The molecule has 0 spiro atoms. The number of hydrogen-bond donors (Lipinski definition) is 1. The lowest BCUT2D eigenvalue weighted by Gasteiger charge is -2.18. The van der Waals surface area contributed by atoms with E-state index in [9.17, 15) is 8.42 Å². The molecular weight excluding hydrogens is 396 g/mol. The highest BCUT2D eigenvalue weighted by Crippen LogP contribution is 2.34. The summed E-state index contributed by atoms with van der Waals surface area (Å²) < 4.78 is 27.4. The molecule has 2 aromatic heterocycles. The quantitative estimate of drug-likeness (QED) is 0.484. The molecule has 5 rings (SSSR count). The van der Waals surface area contributed by atoms with E-state index in [0.717, 1.165) is 16.3 Å². The third-order valence-corrected chi connectivity index (χ3v) is 6.15. The van der Waals surface area contributed by atoms with Crippen LogP contribution in [0.3, 0.4) is 0 Å². The Labute approximate surface area is 173 Å². The number of pyridine rings is 1. The summed E-state index contributed by atoms with van der Waals surface area (Å²) in [5, 5.41) is 7.46. The smallest absolute Gasteiger partial charge is 0.240 e. The van der Waals surface area contributed by atoms with Crippen LogP contribution in [0.2, 0.25) is 0 Å². The fraction of sp³-hybridized carbons (Fsp3) is 0.0435. The molecule has 0 fully saturated rings.